The first-order chi connectivity index (χ1) is 7.32. The summed E-state index contributed by atoms with van der Waals surface area (Å²) >= 11 is 5.39. The maximum absolute atomic E-state index is 12.2. The van der Waals surface area contributed by atoms with Gasteiger partial charge in [0.15, 0.2) is 5.78 Å². The molecule has 0 aliphatic heterocycles. The molecule has 0 aliphatic carbocycles. The van der Waals surface area contributed by atoms with E-state index in [0.717, 1.165) is 18.2 Å². The smallest absolute Gasteiger partial charge is 0.295 e. The number of Topliss-reactive ketones (excluding diaryl/α,β-unsaturated/α-hetero) is 1. The predicted molar refractivity (Wildman–Crippen MR) is 57.8 cm³/mol. The average molecular weight is 253 g/mol. The molecule has 1 rings (SSSR count). The maximum Gasteiger partial charge on any atom is 0.417 e. The standard InChI is InChI=1S/C9H6ClF3O.C2H6/c1-5(14)6-2-3-7(8(10)4-6)9(11,12)13;1-2/h2-4H,1H3;1-2H3. The van der Waals surface area contributed by atoms with Crippen molar-refractivity contribution >= 4 is 17.4 Å². The summed E-state index contributed by atoms with van der Waals surface area (Å²) in [7, 11) is 0. The zero-order chi connectivity index (χ0) is 12.9. The van der Waals surface area contributed by atoms with Crippen LogP contribution in [0.25, 0.3) is 0 Å². The summed E-state index contributed by atoms with van der Waals surface area (Å²) in [4.78, 5) is 10.8. The lowest BCUT2D eigenvalue weighted by atomic mass is 10.1. The molecule has 0 atom stereocenters. The lowest BCUT2D eigenvalue weighted by Gasteiger charge is -2.08. The lowest BCUT2D eigenvalue weighted by Crippen LogP contribution is -2.06. The van der Waals surface area contributed by atoms with Crippen molar-refractivity contribution in [1.29, 1.82) is 0 Å². The Bertz CT molecular complexity index is 372. The van der Waals surface area contributed by atoms with Gasteiger partial charge in [-0.15, -0.1) is 0 Å². The summed E-state index contributed by atoms with van der Waals surface area (Å²) in [6.07, 6.45) is -4.48. The van der Waals surface area contributed by atoms with E-state index in [-0.39, 0.29) is 11.3 Å². The van der Waals surface area contributed by atoms with Crippen LogP contribution in [-0.2, 0) is 6.18 Å². The molecule has 0 radical (unpaired) electrons. The van der Waals surface area contributed by atoms with Crippen LogP contribution in [0.15, 0.2) is 18.2 Å². The Morgan fingerprint density at radius 2 is 1.75 bits per heavy atom. The van der Waals surface area contributed by atoms with E-state index in [1.54, 1.807) is 0 Å². The number of carbonyl (C=O) groups excluding carboxylic acids is 1. The zero-order valence-electron chi connectivity index (χ0n) is 9.15. The highest BCUT2D eigenvalue weighted by molar-refractivity contribution is 6.31. The minimum absolute atomic E-state index is 0.169. The molecule has 0 heterocycles. The van der Waals surface area contributed by atoms with Gasteiger partial charge in [-0.05, 0) is 19.1 Å². The summed E-state index contributed by atoms with van der Waals surface area (Å²) < 4.78 is 36.6. The number of hydrogen-bond donors (Lipinski definition) is 0. The van der Waals surface area contributed by atoms with E-state index in [1.165, 1.54) is 6.92 Å². The minimum atomic E-state index is -4.48. The van der Waals surface area contributed by atoms with Crippen LogP contribution < -0.4 is 0 Å². The Kier molecular flexibility index (Phi) is 5.51. The molecule has 0 saturated heterocycles. The number of carbonyl (C=O) groups is 1. The highest BCUT2D eigenvalue weighted by Gasteiger charge is 2.33. The lowest BCUT2D eigenvalue weighted by molar-refractivity contribution is -0.137. The molecular weight excluding hydrogens is 241 g/mol. The number of hydrogen-bond acceptors (Lipinski definition) is 1. The third kappa shape index (κ3) is 3.85. The molecule has 5 heteroatoms. The van der Waals surface area contributed by atoms with E-state index in [4.69, 9.17) is 11.6 Å². The first-order valence-electron chi connectivity index (χ1n) is 4.70. The van der Waals surface area contributed by atoms with Crippen LogP contribution in [0.3, 0.4) is 0 Å². The Morgan fingerprint density at radius 3 is 2.06 bits per heavy atom. The van der Waals surface area contributed by atoms with Gasteiger partial charge in [0.1, 0.15) is 0 Å². The Hall–Kier alpha value is -1.03. The van der Waals surface area contributed by atoms with Crippen LogP contribution in [0.1, 0.15) is 36.7 Å². The average Bonchev–Trinajstić information content (AvgIpc) is 2.18. The van der Waals surface area contributed by atoms with E-state index >= 15 is 0 Å². The normalized spacial score (nSPS) is 10.4. The quantitative estimate of drug-likeness (QED) is 0.668. The highest BCUT2D eigenvalue weighted by atomic mass is 35.5. The summed E-state index contributed by atoms with van der Waals surface area (Å²) in [5.74, 6) is -0.319. The Morgan fingerprint density at radius 1 is 1.25 bits per heavy atom. The van der Waals surface area contributed by atoms with Gasteiger partial charge < -0.3 is 0 Å². The van der Waals surface area contributed by atoms with Gasteiger partial charge >= 0.3 is 6.18 Å². The van der Waals surface area contributed by atoms with Crippen LogP contribution in [-0.4, -0.2) is 5.78 Å². The van der Waals surface area contributed by atoms with Gasteiger partial charge in [0.25, 0.3) is 0 Å². The van der Waals surface area contributed by atoms with Gasteiger partial charge in [0.2, 0.25) is 0 Å². The number of rotatable bonds is 1. The van der Waals surface area contributed by atoms with Gasteiger partial charge in [-0.1, -0.05) is 31.5 Å². The SMILES string of the molecule is CC.CC(=O)c1ccc(C(F)(F)F)c(Cl)c1. The number of ketones is 1. The summed E-state index contributed by atoms with van der Waals surface area (Å²) in [5, 5.41) is -0.454. The molecule has 0 spiro atoms. The summed E-state index contributed by atoms with van der Waals surface area (Å²) in [6, 6.07) is 2.93. The van der Waals surface area contributed by atoms with Gasteiger partial charge in [-0.25, -0.2) is 0 Å². The Balaban J connectivity index is 0.00000106. The fourth-order valence-electron chi connectivity index (χ4n) is 0.964. The molecule has 0 aliphatic rings. The van der Waals surface area contributed by atoms with Crippen LogP contribution in [0.2, 0.25) is 5.02 Å². The molecule has 0 bridgehead atoms. The largest absolute Gasteiger partial charge is 0.417 e. The molecular formula is C11H12ClF3O. The van der Waals surface area contributed by atoms with Crippen molar-refractivity contribution in [2.24, 2.45) is 0 Å². The fraction of sp³-hybridized carbons (Fsp3) is 0.364. The van der Waals surface area contributed by atoms with Crippen LogP contribution in [0.4, 0.5) is 13.2 Å². The first-order valence-corrected chi connectivity index (χ1v) is 5.08. The third-order valence-electron chi connectivity index (χ3n) is 1.68. The van der Waals surface area contributed by atoms with Crippen molar-refractivity contribution in [1.82, 2.24) is 0 Å². The predicted octanol–water partition coefficient (Wildman–Crippen LogP) is 4.59. The van der Waals surface area contributed by atoms with Crippen LogP contribution >= 0.6 is 11.6 Å². The molecule has 1 aromatic rings. The van der Waals surface area contributed by atoms with Crippen molar-refractivity contribution in [2.75, 3.05) is 0 Å². The summed E-state index contributed by atoms with van der Waals surface area (Å²) in [6.45, 7) is 5.26. The minimum Gasteiger partial charge on any atom is -0.295 e. The fourth-order valence-corrected chi connectivity index (χ4v) is 1.25. The molecule has 0 N–H and O–H groups in total. The molecule has 0 fully saturated rings. The zero-order valence-corrected chi connectivity index (χ0v) is 9.91. The van der Waals surface area contributed by atoms with Gasteiger partial charge in [-0.2, -0.15) is 13.2 Å². The molecule has 16 heavy (non-hydrogen) atoms. The van der Waals surface area contributed by atoms with E-state index in [9.17, 15) is 18.0 Å². The Labute approximate surface area is 97.2 Å². The van der Waals surface area contributed by atoms with Gasteiger partial charge in [0, 0.05) is 5.56 Å². The molecule has 1 aromatic carbocycles. The molecule has 1 nitrogen and oxygen atoms in total. The maximum atomic E-state index is 12.2. The van der Waals surface area contributed by atoms with E-state index in [0.29, 0.717) is 0 Å². The summed E-state index contributed by atoms with van der Waals surface area (Å²) in [5.41, 5.74) is -0.757. The molecule has 0 amide bonds. The van der Waals surface area contributed by atoms with Gasteiger partial charge in [-0.3, -0.25) is 4.79 Å². The van der Waals surface area contributed by atoms with E-state index in [1.807, 2.05) is 13.8 Å². The number of halogens is 4. The van der Waals surface area contributed by atoms with E-state index in [2.05, 4.69) is 0 Å². The molecule has 0 unspecified atom stereocenters. The molecule has 0 saturated carbocycles. The first kappa shape index (κ1) is 15.0. The second-order valence-electron chi connectivity index (χ2n) is 2.75. The molecule has 0 aromatic heterocycles. The number of alkyl halides is 3. The van der Waals surface area contributed by atoms with Crippen molar-refractivity contribution in [2.45, 2.75) is 26.9 Å². The second-order valence-corrected chi connectivity index (χ2v) is 3.16. The van der Waals surface area contributed by atoms with Crippen molar-refractivity contribution < 1.29 is 18.0 Å². The topological polar surface area (TPSA) is 17.1 Å². The van der Waals surface area contributed by atoms with Crippen molar-refractivity contribution in [3.63, 3.8) is 0 Å². The monoisotopic (exact) mass is 252 g/mol. The third-order valence-corrected chi connectivity index (χ3v) is 1.99. The molecule has 90 valence electrons. The highest BCUT2D eigenvalue weighted by Crippen LogP contribution is 2.34. The van der Waals surface area contributed by atoms with Crippen molar-refractivity contribution in [3.8, 4) is 0 Å². The second kappa shape index (κ2) is 5.89. The van der Waals surface area contributed by atoms with E-state index < -0.39 is 16.8 Å². The van der Waals surface area contributed by atoms with Gasteiger partial charge in [0.05, 0.1) is 10.6 Å². The van der Waals surface area contributed by atoms with Crippen molar-refractivity contribution in [3.05, 3.63) is 34.3 Å². The van der Waals surface area contributed by atoms with Crippen LogP contribution in [0, 0.1) is 0 Å². The number of benzene rings is 1. The van der Waals surface area contributed by atoms with Crippen LogP contribution in [0.5, 0.6) is 0 Å².